The molecule has 3 aromatic carbocycles. The Bertz CT molecular complexity index is 1100. The number of carbonyl (C=O) groups is 1. The van der Waals surface area contributed by atoms with Crippen molar-refractivity contribution in [3.63, 3.8) is 0 Å². The van der Waals surface area contributed by atoms with Crippen LogP contribution in [-0.2, 0) is 5.75 Å². The molecule has 0 fully saturated rings. The molecule has 4 aromatic rings. The van der Waals surface area contributed by atoms with Crippen molar-refractivity contribution in [2.24, 2.45) is 0 Å². The number of tetrazole rings is 1. The highest BCUT2D eigenvalue weighted by Gasteiger charge is 2.10. The number of hydrogen-bond donors (Lipinski definition) is 1. The van der Waals surface area contributed by atoms with Crippen molar-refractivity contribution in [1.82, 2.24) is 20.2 Å². The molecular weight excluding hydrogens is 406 g/mol. The number of para-hydroxylation sites is 1. The van der Waals surface area contributed by atoms with Crippen LogP contribution in [0.5, 0.6) is 0 Å². The molecule has 1 N–H and O–H groups in total. The molecule has 1 amide bonds. The van der Waals surface area contributed by atoms with Gasteiger partial charge in [0.2, 0.25) is 5.16 Å². The third-order valence-corrected chi connectivity index (χ3v) is 5.37. The maximum atomic E-state index is 12.3. The Hall–Kier alpha value is -3.16. The van der Waals surface area contributed by atoms with E-state index < -0.39 is 0 Å². The minimum atomic E-state index is -0.137. The Morgan fingerprint density at radius 1 is 0.966 bits per heavy atom. The highest BCUT2D eigenvalue weighted by atomic mass is 35.5. The molecule has 1 aromatic heterocycles. The van der Waals surface area contributed by atoms with Crippen LogP contribution in [0.4, 0.5) is 5.69 Å². The van der Waals surface area contributed by atoms with Gasteiger partial charge < -0.3 is 5.32 Å². The van der Waals surface area contributed by atoms with E-state index in [1.807, 2.05) is 66.7 Å². The summed E-state index contributed by atoms with van der Waals surface area (Å²) in [4.78, 5) is 12.3. The summed E-state index contributed by atoms with van der Waals surface area (Å²) < 4.78 is 1.67. The summed E-state index contributed by atoms with van der Waals surface area (Å²) >= 11 is 7.46. The lowest BCUT2D eigenvalue weighted by molar-refractivity contribution is 0.102. The molecule has 1 heterocycles. The van der Waals surface area contributed by atoms with E-state index in [4.69, 9.17) is 11.6 Å². The molecule has 29 heavy (non-hydrogen) atoms. The van der Waals surface area contributed by atoms with Crippen molar-refractivity contribution >= 4 is 35.0 Å². The summed E-state index contributed by atoms with van der Waals surface area (Å²) in [5.74, 6) is 0.538. The van der Waals surface area contributed by atoms with Crippen LogP contribution in [0.2, 0.25) is 5.02 Å². The van der Waals surface area contributed by atoms with E-state index >= 15 is 0 Å². The van der Waals surface area contributed by atoms with Gasteiger partial charge in [0.15, 0.2) is 0 Å². The number of aromatic nitrogens is 4. The molecule has 144 valence electrons. The molecule has 4 rings (SSSR count). The second kappa shape index (κ2) is 8.89. The van der Waals surface area contributed by atoms with Gasteiger partial charge in [-0.15, -0.1) is 5.10 Å². The zero-order valence-electron chi connectivity index (χ0n) is 15.2. The average Bonchev–Trinajstić information content (AvgIpc) is 3.22. The summed E-state index contributed by atoms with van der Waals surface area (Å²) in [7, 11) is 0. The normalized spacial score (nSPS) is 10.7. The molecule has 0 unspecified atom stereocenters. The fourth-order valence-corrected chi connectivity index (χ4v) is 3.61. The smallest absolute Gasteiger partial charge is 0.255 e. The predicted octanol–water partition coefficient (Wildman–Crippen LogP) is 4.86. The highest BCUT2D eigenvalue weighted by Crippen LogP contribution is 2.23. The Balaban J connectivity index is 1.39. The molecule has 0 aliphatic carbocycles. The van der Waals surface area contributed by atoms with Crippen LogP contribution >= 0.6 is 23.4 Å². The van der Waals surface area contributed by atoms with Crippen LogP contribution in [-0.4, -0.2) is 26.1 Å². The Kier molecular flexibility index (Phi) is 5.88. The van der Waals surface area contributed by atoms with Crippen molar-refractivity contribution in [2.45, 2.75) is 10.9 Å². The molecule has 0 aliphatic rings. The molecule has 0 saturated carbocycles. The quantitative estimate of drug-likeness (QED) is 0.450. The number of rotatable bonds is 6. The van der Waals surface area contributed by atoms with Gasteiger partial charge in [0.1, 0.15) is 0 Å². The van der Waals surface area contributed by atoms with E-state index in [-0.39, 0.29) is 5.91 Å². The maximum absolute atomic E-state index is 12.3. The van der Waals surface area contributed by atoms with Crippen molar-refractivity contribution < 1.29 is 4.79 Å². The van der Waals surface area contributed by atoms with Gasteiger partial charge in [-0.05, 0) is 64.5 Å². The van der Waals surface area contributed by atoms with Gasteiger partial charge in [0.05, 0.1) is 5.69 Å². The molecule has 0 saturated heterocycles. The van der Waals surface area contributed by atoms with E-state index in [0.717, 1.165) is 16.9 Å². The molecular formula is C21H16ClN5OS. The number of nitrogens with zero attached hydrogens (tertiary/aromatic N) is 4. The van der Waals surface area contributed by atoms with Crippen LogP contribution in [0.25, 0.3) is 5.69 Å². The fraction of sp³-hybridized carbons (Fsp3) is 0.0476. The first-order valence-corrected chi connectivity index (χ1v) is 10.2. The fourth-order valence-electron chi connectivity index (χ4n) is 2.64. The Morgan fingerprint density at radius 2 is 1.69 bits per heavy atom. The van der Waals surface area contributed by atoms with E-state index in [2.05, 4.69) is 20.8 Å². The minimum Gasteiger partial charge on any atom is -0.322 e. The van der Waals surface area contributed by atoms with Gasteiger partial charge in [-0.2, -0.15) is 4.68 Å². The number of halogens is 1. The first kappa shape index (κ1) is 19.2. The zero-order chi connectivity index (χ0) is 20.1. The standard InChI is InChI=1S/C21H16ClN5OS/c22-17-10-12-19(13-11-17)27-21(24-25-26-27)29-14-15-6-8-16(9-7-15)20(28)23-18-4-2-1-3-5-18/h1-13H,14H2,(H,23,28). The van der Waals surface area contributed by atoms with Gasteiger partial charge in [-0.3, -0.25) is 4.79 Å². The SMILES string of the molecule is O=C(Nc1ccccc1)c1ccc(CSc2nnnn2-c2ccc(Cl)cc2)cc1. The van der Waals surface area contributed by atoms with Crippen molar-refractivity contribution in [3.8, 4) is 5.69 Å². The summed E-state index contributed by atoms with van der Waals surface area (Å²) in [6.45, 7) is 0. The number of carbonyl (C=O) groups excluding carboxylic acids is 1. The lowest BCUT2D eigenvalue weighted by atomic mass is 10.1. The topological polar surface area (TPSA) is 72.7 Å². The van der Waals surface area contributed by atoms with Crippen molar-refractivity contribution in [1.29, 1.82) is 0 Å². The van der Waals surface area contributed by atoms with Gasteiger partial charge in [0.25, 0.3) is 5.91 Å². The first-order chi connectivity index (χ1) is 14.2. The summed E-state index contributed by atoms with van der Waals surface area (Å²) in [6.07, 6.45) is 0. The van der Waals surface area contributed by atoms with Crippen LogP contribution in [0.1, 0.15) is 15.9 Å². The largest absolute Gasteiger partial charge is 0.322 e. The van der Waals surface area contributed by atoms with Gasteiger partial charge in [-0.25, -0.2) is 0 Å². The van der Waals surface area contributed by atoms with Crippen molar-refractivity contribution in [3.05, 3.63) is 95.0 Å². The number of anilines is 1. The van der Waals surface area contributed by atoms with Crippen LogP contribution in [0, 0.1) is 0 Å². The summed E-state index contributed by atoms with van der Waals surface area (Å²) in [5.41, 5.74) is 3.28. The van der Waals surface area contributed by atoms with E-state index in [0.29, 0.717) is 21.5 Å². The molecule has 0 spiro atoms. The maximum Gasteiger partial charge on any atom is 0.255 e. The van der Waals surface area contributed by atoms with Crippen molar-refractivity contribution in [2.75, 3.05) is 5.32 Å². The van der Waals surface area contributed by atoms with Gasteiger partial charge >= 0.3 is 0 Å². The number of thioether (sulfide) groups is 1. The number of amides is 1. The predicted molar refractivity (Wildman–Crippen MR) is 115 cm³/mol. The lowest BCUT2D eigenvalue weighted by Crippen LogP contribution is -2.11. The van der Waals surface area contributed by atoms with E-state index in [1.54, 1.807) is 16.8 Å². The molecule has 0 aliphatic heterocycles. The molecule has 0 atom stereocenters. The van der Waals surface area contributed by atoms with Crippen LogP contribution < -0.4 is 5.32 Å². The second-order valence-corrected chi connectivity index (χ2v) is 7.53. The van der Waals surface area contributed by atoms with Crippen LogP contribution in [0.15, 0.2) is 84.0 Å². The molecule has 8 heteroatoms. The minimum absolute atomic E-state index is 0.137. The molecule has 0 radical (unpaired) electrons. The van der Waals surface area contributed by atoms with Gasteiger partial charge in [0, 0.05) is 22.0 Å². The number of hydrogen-bond acceptors (Lipinski definition) is 5. The summed E-state index contributed by atoms with van der Waals surface area (Å²) in [6, 6.07) is 24.2. The third-order valence-electron chi connectivity index (χ3n) is 4.13. The van der Waals surface area contributed by atoms with E-state index in [9.17, 15) is 4.79 Å². The lowest BCUT2D eigenvalue weighted by Gasteiger charge is -2.07. The molecule has 0 bridgehead atoms. The Labute approximate surface area is 176 Å². The van der Waals surface area contributed by atoms with Crippen LogP contribution in [0.3, 0.4) is 0 Å². The van der Waals surface area contributed by atoms with Gasteiger partial charge in [-0.1, -0.05) is 53.7 Å². The number of benzene rings is 3. The summed E-state index contributed by atoms with van der Waals surface area (Å²) in [5, 5.41) is 16.1. The third kappa shape index (κ3) is 4.82. The zero-order valence-corrected chi connectivity index (χ0v) is 16.8. The monoisotopic (exact) mass is 421 g/mol. The molecule has 6 nitrogen and oxygen atoms in total. The second-order valence-electron chi connectivity index (χ2n) is 6.16. The first-order valence-electron chi connectivity index (χ1n) is 8.81. The average molecular weight is 422 g/mol. The highest BCUT2D eigenvalue weighted by molar-refractivity contribution is 7.98. The number of nitrogens with one attached hydrogen (secondary N) is 1. The van der Waals surface area contributed by atoms with E-state index in [1.165, 1.54) is 11.8 Å². The Morgan fingerprint density at radius 3 is 2.41 bits per heavy atom.